The van der Waals surface area contributed by atoms with Gasteiger partial charge in [-0.2, -0.15) is 4.31 Å². The number of sulfonamides is 1. The van der Waals surface area contributed by atoms with Gasteiger partial charge in [-0.25, -0.2) is 17.6 Å². The highest BCUT2D eigenvalue weighted by Crippen LogP contribution is 2.26. The number of nitrogens with zero attached hydrogens (tertiary/aromatic N) is 1. The number of carbonyl (C=O) groups is 2. The molecule has 1 heterocycles. The fourth-order valence-corrected chi connectivity index (χ4v) is 5.06. The molecule has 166 valence electrons. The van der Waals surface area contributed by atoms with Crippen LogP contribution in [0.2, 0.25) is 5.02 Å². The second-order valence-corrected chi connectivity index (χ2v) is 9.41. The number of ether oxygens (including phenoxy) is 1. The van der Waals surface area contributed by atoms with E-state index < -0.39 is 27.7 Å². The molecule has 0 bridgehead atoms. The van der Waals surface area contributed by atoms with Crippen LogP contribution in [-0.4, -0.2) is 44.3 Å². The number of piperidine rings is 1. The maximum atomic E-state index is 13.1. The Bertz CT molecular complexity index is 1080. The van der Waals surface area contributed by atoms with E-state index in [0.29, 0.717) is 18.5 Å². The largest absolute Gasteiger partial charge is 0.462 e. The van der Waals surface area contributed by atoms with Gasteiger partial charge in [0, 0.05) is 18.8 Å². The first-order valence-corrected chi connectivity index (χ1v) is 11.6. The van der Waals surface area contributed by atoms with Crippen molar-refractivity contribution in [3.8, 4) is 0 Å². The van der Waals surface area contributed by atoms with Gasteiger partial charge in [0.05, 0.1) is 28.0 Å². The summed E-state index contributed by atoms with van der Waals surface area (Å²) in [6.45, 7) is 2.14. The van der Waals surface area contributed by atoms with E-state index in [1.165, 1.54) is 28.6 Å². The Hall–Kier alpha value is -2.49. The summed E-state index contributed by atoms with van der Waals surface area (Å²) in [6.07, 6.45) is 1.02. The van der Waals surface area contributed by atoms with Crippen molar-refractivity contribution in [1.29, 1.82) is 0 Å². The molecule has 1 saturated heterocycles. The third kappa shape index (κ3) is 5.41. The maximum Gasteiger partial charge on any atom is 0.339 e. The van der Waals surface area contributed by atoms with E-state index in [2.05, 4.69) is 5.32 Å². The third-order valence-electron chi connectivity index (χ3n) is 4.94. The van der Waals surface area contributed by atoms with Crippen LogP contribution in [0.4, 0.5) is 10.1 Å². The van der Waals surface area contributed by atoms with Gasteiger partial charge in [-0.3, -0.25) is 4.79 Å². The van der Waals surface area contributed by atoms with Gasteiger partial charge in [0.1, 0.15) is 5.82 Å². The van der Waals surface area contributed by atoms with Gasteiger partial charge in [0.25, 0.3) is 0 Å². The quantitative estimate of drug-likeness (QED) is 0.652. The lowest BCUT2D eigenvalue weighted by molar-refractivity contribution is -0.120. The lowest BCUT2D eigenvalue weighted by Gasteiger charge is -2.31. The van der Waals surface area contributed by atoms with E-state index in [1.54, 1.807) is 13.0 Å². The van der Waals surface area contributed by atoms with Gasteiger partial charge < -0.3 is 10.1 Å². The summed E-state index contributed by atoms with van der Waals surface area (Å²) in [5, 5.41) is 2.92. The number of anilines is 1. The molecule has 2 aromatic rings. The molecule has 0 spiro atoms. The molecule has 3 rings (SSSR count). The molecule has 1 atom stereocenters. The summed E-state index contributed by atoms with van der Waals surface area (Å²) < 4.78 is 45.0. The molecule has 1 unspecified atom stereocenters. The van der Waals surface area contributed by atoms with Crippen molar-refractivity contribution in [1.82, 2.24) is 4.31 Å². The highest BCUT2D eigenvalue weighted by atomic mass is 35.5. The number of hydrogen-bond donors (Lipinski definition) is 1. The van der Waals surface area contributed by atoms with Crippen molar-refractivity contribution < 1.29 is 27.1 Å². The Morgan fingerprint density at radius 3 is 2.61 bits per heavy atom. The Morgan fingerprint density at radius 2 is 1.94 bits per heavy atom. The summed E-state index contributed by atoms with van der Waals surface area (Å²) in [5.41, 5.74) is 0.487. The lowest BCUT2D eigenvalue weighted by Crippen LogP contribution is -2.43. The summed E-state index contributed by atoms with van der Waals surface area (Å²) in [4.78, 5) is 24.8. The van der Waals surface area contributed by atoms with Gasteiger partial charge in [-0.05, 0) is 62.2 Å². The van der Waals surface area contributed by atoms with E-state index in [4.69, 9.17) is 16.3 Å². The zero-order valence-electron chi connectivity index (χ0n) is 16.8. The number of hydrogen-bond acceptors (Lipinski definition) is 5. The Balaban J connectivity index is 1.72. The number of halogens is 2. The Morgan fingerprint density at radius 1 is 1.23 bits per heavy atom. The molecule has 0 saturated carbocycles. The van der Waals surface area contributed by atoms with Crippen LogP contribution in [-0.2, 0) is 19.6 Å². The SMILES string of the molecule is CCOC(=O)c1cc(NC(=O)C2CCCN(S(=O)(=O)c3ccc(F)cc3)C2)ccc1Cl. The van der Waals surface area contributed by atoms with Crippen molar-refractivity contribution in [2.75, 3.05) is 25.0 Å². The van der Waals surface area contributed by atoms with E-state index >= 15 is 0 Å². The average molecular weight is 469 g/mol. The molecule has 1 aliphatic rings. The normalized spacial score (nSPS) is 17.2. The number of rotatable bonds is 6. The molecule has 0 aromatic heterocycles. The first-order valence-electron chi connectivity index (χ1n) is 9.75. The zero-order chi connectivity index (χ0) is 22.6. The monoisotopic (exact) mass is 468 g/mol. The van der Waals surface area contributed by atoms with Crippen LogP contribution in [0.3, 0.4) is 0 Å². The van der Waals surface area contributed by atoms with Crippen molar-refractivity contribution in [3.63, 3.8) is 0 Å². The minimum atomic E-state index is -3.84. The van der Waals surface area contributed by atoms with Crippen molar-refractivity contribution in [2.24, 2.45) is 5.92 Å². The standard InChI is InChI=1S/C21H22ClFN2O5S/c1-2-30-21(27)18-12-16(7-10-19(18)22)24-20(26)14-4-3-11-25(13-14)31(28,29)17-8-5-15(23)6-9-17/h5-10,12,14H,2-4,11,13H2,1H3,(H,24,26). The second-order valence-electron chi connectivity index (χ2n) is 7.06. The topological polar surface area (TPSA) is 92.8 Å². The van der Waals surface area contributed by atoms with E-state index in [1.807, 2.05) is 0 Å². The molecule has 1 aliphatic heterocycles. The fourth-order valence-electron chi connectivity index (χ4n) is 3.34. The summed E-state index contributed by atoms with van der Waals surface area (Å²) in [6, 6.07) is 9.05. The minimum absolute atomic E-state index is 0.00384. The number of amides is 1. The van der Waals surface area contributed by atoms with Crippen LogP contribution < -0.4 is 5.32 Å². The van der Waals surface area contributed by atoms with Crippen LogP contribution in [0.25, 0.3) is 0 Å². The summed E-state index contributed by atoms with van der Waals surface area (Å²) >= 11 is 6.04. The molecule has 1 fully saturated rings. The molecule has 0 radical (unpaired) electrons. The van der Waals surface area contributed by atoms with Gasteiger partial charge in [0.15, 0.2) is 0 Å². The van der Waals surface area contributed by atoms with Gasteiger partial charge >= 0.3 is 5.97 Å². The van der Waals surface area contributed by atoms with E-state index in [0.717, 1.165) is 12.1 Å². The van der Waals surface area contributed by atoms with Crippen LogP contribution in [0, 0.1) is 11.7 Å². The predicted molar refractivity (Wildman–Crippen MR) is 114 cm³/mol. The van der Waals surface area contributed by atoms with Gasteiger partial charge in [-0.15, -0.1) is 0 Å². The Kier molecular flexibility index (Phi) is 7.30. The molecule has 10 heteroatoms. The maximum absolute atomic E-state index is 13.1. The minimum Gasteiger partial charge on any atom is -0.462 e. The number of carbonyl (C=O) groups excluding carboxylic acids is 2. The van der Waals surface area contributed by atoms with Crippen molar-refractivity contribution in [2.45, 2.75) is 24.7 Å². The first kappa shape index (κ1) is 23.2. The Labute approximate surface area is 185 Å². The number of nitrogens with one attached hydrogen (secondary N) is 1. The van der Waals surface area contributed by atoms with E-state index in [9.17, 15) is 22.4 Å². The van der Waals surface area contributed by atoms with Crippen LogP contribution in [0.5, 0.6) is 0 Å². The van der Waals surface area contributed by atoms with Crippen molar-refractivity contribution in [3.05, 3.63) is 58.9 Å². The van der Waals surface area contributed by atoms with Crippen LogP contribution >= 0.6 is 11.6 Å². The molecular weight excluding hydrogens is 447 g/mol. The van der Waals surface area contributed by atoms with Crippen molar-refractivity contribution >= 4 is 39.2 Å². The molecule has 1 amide bonds. The number of benzene rings is 2. The third-order valence-corrected chi connectivity index (χ3v) is 7.14. The first-order chi connectivity index (χ1) is 14.7. The fraction of sp³-hybridized carbons (Fsp3) is 0.333. The number of esters is 1. The summed E-state index contributed by atoms with van der Waals surface area (Å²) in [7, 11) is -3.84. The molecule has 2 aromatic carbocycles. The van der Waals surface area contributed by atoms with E-state index in [-0.39, 0.29) is 41.1 Å². The van der Waals surface area contributed by atoms with Crippen LogP contribution in [0.15, 0.2) is 47.4 Å². The zero-order valence-corrected chi connectivity index (χ0v) is 18.4. The summed E-state index contributed by atoms with van der Waals surface area (Å²) in [5.74, 6) is -2.07. The van der Waals surface area contributed by atoms with Gasteiger partial charge in [-0.1, -0.05) is 11.6 Å². The molecule has 7 nitrogen and oxygen atoms in total. The second kappa shape index (κ2) is 9.76. The smallest absolute Gasteiger partial charge is 0.339 e. The lowest BCUT2D eigenvalue weighted by atomic mass is 9.98. The highest BCUT2D eigenvalue weighted by molar-refractivity contribution is 7.89. The average Bonchev–Trinajstić information content (AvgIpc) is 2.75. The molecule has 0 aliphatic carbocycles. The predicted octanol–water partition coefficient (Wildman–Crippen LogP) is 3.70. The molecule has 31 heavy (non-hydrogen) atoms. The highest BCUT2D eigenvalue weighted by Gasteiger charge is 2.33. The molecular formula is C21H22ClFN2O5S. The van der Waals surface area contributed by atoms with Crippen LogP contribution in [0.1, 0.15) is 30.1 Å². The van der Waals surface area contributed by atoms with Gasteiger partial charge in [0.2, 0.25) is 15.9 Å². The molecule has 1 N–H and O–H groups in total.